The molecule has 0 spiro atoms. The summed E-state index contributed by atoms with van der Waals surface area (Å²) in [7, 11) is 0. The summed E-state index contributed by atoms with van der Waals surface area (Å²) in [5.41, 5.74) is -0.425. The third kappa shape index (κ3) is 5.88. The number of nitro groups is 1. The third-order valence-electron chi connectivity index (χ3n) is 5.06. The van der Waals surface area contributed by atoms with Crippen molar-refractivity contribution in [1.82, 2.24) is 14.9 Å². The summed E-state index contributed by atoms with van der Waals surface area (Å²) in [6, 6.07) is 0. The maximum Gasteiger partial charge on any atom is 0.373 e. The maximum atomic E-state index is 12.2. The number of carboxylic acids is 1. The zero-order valence-corrected chi connectivity index (χ0v) is 18.5. The minimum absolute atomic E-state index is 0.0696. The fourth-order valence-corrected chi connectivity index (χ4v) is 4.38. The third-order valence-corrected chi connectivity index (χ3v) is 6.00. The number of rotatable bonds is 8. The molecule has 1 N–H and O–H groups in total. The van der Waals surface area contributed by atoms with Gasteiger partial charge in [0.05, 0.1) is 11.3 Å². The lowest BCUT2D eigenvalue weighted by atomic mass is 10.2. The highest BCUT2D eigenvalue weighted by molar-refractivity contribution is 7.99. The van der Waals surface area contributed by atoms with E-state index in [4.69, 9.17) is 9.84 Å². The first kappa shape index (κ1) is 23.8. The van der Waals surface area contributed by atoms with Crippen LogP contribution in [-0.2, 0) is 9.59 Å². The molecule has 2 fully saturated rings. The molecule has 3 rings (SSSR count). The van der Waals surface area contributed by atoms with Crippen LogP contribution in [-0.4, -0.2) is 93.8 Å². The molecule has 14 heteroatoms. The highest BCUT2D eigenvalue weighted by Gasteiger charge is 2.33. The highest BCUT2D eigenvalue weighted by Crippen LogP contribution is 2.37. The summed E-state index contributed by atoms with van der Waals surface area (Å²) in [5, 5.41) is 32.2. The summed E-state index contributed by atoms with van der Waals surface area (Å²) < 4.78 is 5.16. The molecule has 1 aromatic rings. The number of carboxylic acid groups (broad SMARTS) is 1. The molecule has 1 atom stereocenters. The lowest BCUT2D eigenvalue weighted by Gasteiger charge is -2.35. The number of ether oxygens (including phenoxy) is 1. The van der Waals surface area contributed by atoms with E-state index in [1.54, 1.807) is 26.5 Å². The molecule has 0 radical (unpaired) electrons. The van der Waals surface area contributed by atoms with Crippen molar-refractivity contribution >= 4 is 41.1 Å². The van der Waals surface area contributed by atoms with Crippen molar-refractivity contribution in [2.24, 2.45) is 0 Å². The summed E-state index contributed by atoms with van der Waals surface area (Å²) in [4.78, 5) is 47.8. The van der Waals surface area contributed by atoms with Crippen LogP contribution in [0.1, 0.15) is 19.8 Å². The molecule has 176 valence electrons. The SMILES string of the molecule is CC([O-])Oc1nc(N2CCN(C(=O)CCC(=O)O)CC2)nc(N2CCSCC2)c1[N+](=O)[O-]. The van der Waals surface area contributed by atoms with E-state index >= 15 is 0 Å². The zero-order chi connectivity index (χ0) is 23.3. The Morgan fingerprint density at radius 2 is 1.78 bits per heavy atom. The number of carbonyl (C=O) groups excluding carboxylic acids is 1. The average molecular weight is 470 g/mol. The Morgan fingerprint density at radius 1 is 1.12 bits per heavy atom. The molecule has 0 aliphatic carbocycles. The number of hydrogen-bond acceptors (Lipinski definition) is 11. The van der Waals surface area contributed by atoms with Gasteiger partial charge in [-0.1, -0.05) is 0 Å². The summed E-state index contributed by atoms with van der Waals surface area (Å²) >= 11 is 1.74. The van der Waals surface area contributed by atoms with Crippen LogP contribution >= 0.6 is 11.8 Å². The first-order chi connectivity index (χ1) is 15.3. The smallest absolute Gasteiger partial charge is 0.373 e. The molecule has 1 aromatic heterocycles. The fraction of sp³-hybridized carbons (Fsp3) is 0.667. The fourth-order valence-electron chi connectivity index (χ4n) is 3.48. The molecule has 13 nitrogen and oxygen atoms in total. The van der Waals surface area contributed by atoms with Gasteiger partial charge < -0.3 is 29.6 Å². The van der Waals surface area contributed by atoms with Crippen molar-refractivity contribution < 1.29 is 29.5 Å². The lowest BCUT2D eigenvalue weighted by Crippen LogP contribution is -2.49. The van der Waals surface area contributed by atoms with Gasteiger partial charge in [0.2, 0.25) is 17.7 Å². The molecule has 0 saturated carbocycles. The van der Waals surface area contributed by atoms with E-state index in [1.165, 1.54) is 6.92 Å². The Morgan fingerprint density at radius 3 is 2.34 bits per heavy atom. The summed E-state index contributed by atoms with van der Waals surface area (Å²) in [6.07, 6.45) is -1.85. The molecule has 3 heterocycles. The molecule has 1 amide bonds. The van der Waals surface area contributed by atoms with Crippen molar-refractivity contribution in [3.63, 3.8) is 0 Å². The molecule has 0 bridgehead atoms. The second-order valence-corrected chi connectivity index (χ2v) is 8.53. The maximum absolute atomic E-state index is 12.2. The van der Waals surface area contributed by atoms with Gasteiger partial charge in [0.25, 0.3) is 0 Å². The van der Waals surface area contributed by atoms with E-state index in [0.717, 1.165) is 11.5 Å². The number of nitrogens with zero attached hydrogens (tertiary/aromatic N) is 6. The lowest BCUT2D eigenvalue weighted by molar-refractivity contribution is -0.468. The van der Waals surface area contributed by atoms with Crippen molar-refractivity contribution in [1.29, 1.82) is 0 Å². The Bertz CT molecular complexity index is 856. The minimum Gasteiger partial charge on any atom is -0.822 e. The number of amides is 1. The van der Waals surface area contributed by atoms with Crippen molar-refractivity contribution in [2.45, 2.75) is 26.1 Å². The number of aromatic nitrogens is 2. The van der Waals surface area contributed by atoms with Gasteiger partial charge in [-0.25, -0.2) is 0 Å². The van der Waals surface area contributed by atoms with Gasteiger partial charge in [0.15, 0.2) is 0 Å². The van der Waals surface area contributed by atoms with Crippen molar-refractivity contribution in [3.05, 3.63) is 10.1 Å². The second kappa shape index (κ2) is 10.6. The Kier molecular flexibility index (Phi) is 7.90. The number of aliphatic carboxylic acids is 1. The van der Waals surface area contributed by atoms with Crippen LogP contribution in [0.15, 0.2) is 0 Å². The second-order valence-electron chi connectivity index (χ2n) is 7.30. The van der Waals surface area contributed by atoms with Gasteiger partial charge in [0, 0.05) is 63.5 Å². The normalized spacial score (nSPS) is 17.8. The average Bonchev–Trinajstić information content (AvgIpc) is 2.77. The van der Waals surface area contributed by atoms with E-state index in [9.17, 15) is 24.8 Å². The number of carbonyl (C=O) groups is 2. The molecule has 32 heavy (non-hydrogen) atoms. The molecular weight excluding hydrogens is 444 g/mol. The molecule has 0 aromatic carbocycles. The van der Waals surface area contributed by atoms with Crippen LogP contribution in [0.4, 0.5) is 17.5 Å². The minimum atomic E-state index is -1.55. The molecule has 2 saturated heterocycles. The Labute approximate surface area is 188 Å². The van der Waals surface area contributed by atoms with Gasteiger partial charge in [-0.2, -0.15) is 21.7 Å². The van der Waals surface area contributed by atoms with Crippen LogP contribution in [0.2, 0.25) is 0 Å². The topological polar surface area (TPSA) is 165 Å². The highest BCUT2D eigenvalue weighted by atomic mass is 32.2. The number of hydrogen-bond donors (Lipinski definition) is 1. The number of piperazine rings is 1. The Balaban J connectivity index is 1.84. The number of thioether (sulfide) groups is 1. The van der Waals surface area contributed by atoms with E-state index in [1.807, 2.05) is 0 Å². The first-order valence-electron chi connectivity index (χ1n) is 10.2. The summed E-state index contributed by atoms with van der Waals surface area (Å²) in [6.45, 7) is 3.76. The van der Waals surface area contributed by atoms with Crippen LogP contribution in [0.25, 0.3) is 0 Å². The van der Waals surface area contributed by atoms with Crippen LogP contribution in [0.5, 0.6) is 5.88 Å². The van der Waals surface area contributed by atoms with Crippen molar-refractivity contribution in [3.8, 4) is 5.88 Å². The van der Waals surface area contributed by atoms with Gasteiger partial charge in [-0.15, -0.1) is 0 Å². The molecule has 2 aliphatic heterocycles. The van der Waals surface area contributed by atoms with Gasteiger partial charge in [-0.3, -0.25) is 19.7 Å². The van der Waals surface area contributed by atoms with E-state index < -0.39 is 22.9 Å². The first-order valence-corrected chi connectivity index (χ1v) is 11.4. The molecule has 1 unspecified atom stereocenters. The molecular formula is C18H25N6O7S-. The Hall–Kier alpha value is -2.87. The molecule has 2 aliphatic rings. The standard InChI is InChI=1S/C18H25N6O7S/c1-12(25)31-17-15(24(29)30)16(22-8-10-32-11-9-22)19-18(20-17)23-6-4-21(5-7-23)13(26)2-3-14(27)28/h12H,2-11H2,1H3,(H,27,28)/q-1. The van der Waals surface area contributed by atoms with E-state index in [0.29, 0.717) is 39.3 Å². The van der Waals surface area contributed by atoms with Crippen LogP contribution < -0.4 is 19.6 Å². The zero-order valence-electron chi connectivity index (χ0n) is 17.6. The van der Waals surface area contributed by atoms with Gasteiger partial charge in [0.1, 0.15) is 0 Å². The van der Waals surface area contributed by atoms with E-state index in [2.05, 4.69) is 9.97 Å². The largest absolute Gasteiger partial charge is 0.822 e. The predicted molar refractivity (Wildman–Crippen MR) is 114 cm³/mol. The van der Waals surface area contributed by atoms with Crippen LogP contribution in [0, 0.1) is 10.1 Å². The van der Waals surface area contributed by atoms with Gasteiger partial charge in [-0.05, 0) is 6.92 Å². The quantitative estimate of drug-likeness (QED) is 0.296. The van der Waals surface area contributed by atoms with E-state index in [-0.39, 0.29) is 36.4 Å². The summed E-state index contributed by atoms with van der Waals surface area (Å²) in [5.74, 6) is 0.264. The van der Waals surface area contributed by atoms with Crippen LogP contribution in [0.3, 0.4) is 0 Å². The number of anilines is 2. The van der Waals surface area contributed by atoms with Gasteiger partial charge >= 0.3 is 17.5 Å². The monoisotopic (exact) mass is 469 g/mol. The predicted octanol–water partition coefficient (Wildman–Crippen LogP) is -0.463. The van der Waals surface area contributed by atoms with Crippen molar-refractivity contribution in [2.75, 3.05) is 60.6 Å².